The third kappa shape index (κ3) is 5.84. The number of fused-ring (bicyclic) bond motifs is 6. The second-order valence-electron chi connectivity index (χ2n) is 17.0. The summed E-state index contributed by atoms with van der Waals surface area (Å²) >= 11 is 0. The molecule has 52 heavy (non-hydrogen) atoms. The normalized spacial score (nSPS) is 12.6. The summed E-state index contributed by atoms with van der Waals surface area (Å²) < 4.78 is 4.45. The molecule has 0 aliphatic heterocycles. The third-order valence-electron chi connectivity index (χ3n) is 10.2. The Balaban J connectivity index is 0.00000420. The summed E-state index contributed by atoms with van der Waals surface area (Å²) in [6, 6.07) is 37.9. The van der Waals surface area contributed by atoms with Gasteiger partial charge in [0.1, 0.15) is 17.2 Å². The van der Waals surface area contributed by atoms with E-state index >= 15 is 0 Å². The Morgan fingerprint density at radius 3 is 1.87 bits per heavy atom. The van der Waals surface area contributed by atoms with E-state index in [4.69, 9.17) is 9.97 Å². The van der Waals surface area contributed by atoms with Gasteiger partial charge in [0.15, 0.2) is 0 Å². The van der Waals surface area contributed by atoms with Crippen LogP contribution in [0.4, 0.5) is 0 Å². The number of phenols is 1. The Hall–Kier alpha value is -4.73. The fraction of sp³-hybridized carbons (Fsp3) is 0.261. The molecule has 0 unspecified atom stereocenters. The van der Waals surface area contributed by atoms with Gasteiger partial charge in [0.25, 0.3) is 0 Å². The van der Waals surface area contributed by atoms with Crippen molar-refractivity contribution in [3.05, 3.63) is 126 Å². The van der Waals surface area contributed by atoms with Crippen LogP contribution in [0.3, 0.4) is 0 Å². The Labute approximate surface area is 320 Å². The van der Waals surface area contributed by atoms with Gasteiger partial charge in [0, 0.05) is 54.7 Å². The Morgan fingerprint density at radius 1 is 0.596 bits per heavy atom. The Bertz CT molecular complexity index is 2660. The van der Waals surface area contributed by atoms with E-state index in [9.17, 15) is 5.11 Å². The maximum atomic E-state index is 11.8. The van der Waals surface area contributed by atoms with Gasteiger partial charge in [-0.1, -0.05) is 116 Å². The molecule has 0 amide bonds. The van der Waals surface area contributed by atoms with Gasteiger partial charge in [-0.05, 0) is 75.2 Å². The summed E-state index contributed by atoms with van der Waals surface area (Å²) in [6.07, 6.45) is 1.91. The number of aromatic nitrogens is 4. The van der Waals surface area contributed by atoms with Gasteiger partial charge in [-0.2, -0.15) is 6.07 Å². The molecule has 1 N–H and O–H groups in total. The number of nitrogens with zero attached hydrogens (tertiary/aromatic N) is 4. The SMILES string of the molecule is CC(C)(C)c1ccnc(-n2c3[c-]c(-n4c5ccccc5c5ccc(-c6cc(C(C)(C)C)cc(C(C)(C)C)c6O)nc54)ccc3c3ccccc32)c1.[Pt]. The van der Waals surface area contributed by atoms with Crippen LogP contribution in [-0.2, 0) is 37.3 Å². The molecule has 6 heteroatoms. The van der Waals surface area contributed by atoms with E-state index in [1.807, 2.05) is 12.3 Å². The first-order chi connectivity index (χ1) is 24.1. The molecular weight excluding hydrogens is 820 g/mol. The molecule has 0 bridgehead atoms. The van der Waals surface area contributed by atoms with Crippen molar-refractivity contribution < 1.29 is 26.2 Å². The summed E-state index contributed by atoms with van der Waals surface area (Å²) in [5.41, 5.74) is 9.21. The molecule has 0 fully saturated rings. The monoisotopic (exact) mass is 864 g/mol. The van der Waals surface area contributed by atoms with E-state index in [2.05, 4.69) is 169 Å². The molecule has 5 nitrogen and oxygen atoms in total. The summed E-state index contributed by atoms with van der Waals surface area (Å²) in [5.74, 6) is 1.15. The quantitative estimate of drug-likeness (QED) is 0.180. The molecule has 0 saturated heterocycles. The van der Waals surface area contributed by atoms with Crippen molar-refractivity contribution in [1.82, 2.24) is 19.1 Å². The first-order valence-corrected chi connectivity index (χ1v) is 17.8. The van der Waals surface area contributed by atoms with Gasteiger partial charge in [0.05, 0.1) is 11.2 Å². The molecule has 8 rings (SSSR count). The van der Waals surface area contributed by atoms with Crippen molar-refractivity contribution in [1.29, 1.82) is 0 Å². The fourth-order valence-corrected chi connectivity index (χ4v) is 7.33. The zero-order chi connectivity index (χ0) is 36.0. The summed E-state index contributed by atoms with van der Waals surface area (Å²) in [4.78, 5) is 10.3. The zero-order valence-corrected chi connectivity index (χ0v) is 33.6. The van der Waals surface area contributed by atoms with Gasteiger partial charge >= 0.3 is 0 Å². The maximum absolute atomic E-state index is 11.8. The number of rotatable bonds is 3. The number of phenolic OH excluding ortho intramolecular Hbond substituents is 1. The fourth-order valence-electron chi connectivity index (χ4n) is 7.33. The number of benzene rings is 4. The standard InChI is InChI=1S/C46H45N4O.Pt/c1-44(2,3)28-22-23-47-41(26-28)50-39-17-13-10-14-31(39)33-19-18-30(27-40(33)50)49-38-16-12-11-15-32(38)34-20-21-37(48-43(34)49)35-24-29(45(4,5)6)25-36(42(35)51)46(7,8)9;/h10-26,51H,1-9H3;/q-1;. The van der Waals surface area contributed by atoms with Crippen LogP contribution >= 0.6 is 0 Å². The van der Waals surface area contributed by atoms with Gasteiger partial charge < -0.3 is 14.2 Å². The van der Waals surface area contributed by atoms with Crippen molar-refractivity contribution in [3.8, 4) is 28.5 Å². The number of pyridine rings is 2. The van der Waals surface area contributed by atoms with Crippen LogP contribution in [0, 0.1) is 6.07 Å². The van der Waals surface area contributed by atoms with Gasteiger partial charge in [0.2, 0.25) is 0 Å². The number of para-hydroxylation sites is 2. The summed E-state index contributed by atoms with van der Waals surface area (Å²) in [7, 11) is 0. The van der Waals surface area contributed by atoms with Gasteiger partial charge in [-0.15, -0.1) is 17.5 Å². The molecule has 4 aromatic carbocycles. The van der Waals surface area contributed by atoms with Crippen molar-refractivity contribution >= 4 is 43.7 Å². The van der Waals surface area contributed by atoms with Crippen LogP contribution in [-0.4, -0.2) is 24.2 Å². The molecule has 0 spiro atoms. The van der Waals surface area contributed by atoms with Crippen LogP contribution < -0.4 is 0 Å². The van der Waals surface area contributed by atoms with Crippen molar-refractivity contribution in [3.63, 3.8) is 0 Å². The van der Waals surface area contributed by atoms with Crippen LogP contribution in [0.25, 0.3) is 66.5 Å². The topological polar surface area (TPSA) is 55.9 Å². The molecule has 4 heterocycles. The van der Waals surface area contributed by atoms with Crippen LogP contribution in [0.5, 0.6) is 5.75 Å². The Morgan fingerprint density at radius 2 is 1.21 bits per heavy atom. The Kier molecular flexibility index (Phi) is 8.54. The van der Waals surface area contributed by atoms with E-state index in [-0.39, 0.29) is 43.1 Å². The average Bonchev–Trinajstić information content (AvgIpc) is 3.59. The van der Waals surface area contributed by atoms with Crippen molar-refractivity contribution in [2.45, 2.75) is 78.6 Å². The molecule has 0 aliphatic rings. The van der Waals surface area contributed by atoms with E-state index in [0.717, 1.165) is 72.1 Å². The smallest absolute Gasteiger partial charge is 0.144 e. The van der Waals surface area contributed by atoms with Gasteiger partial charge in [-0.25, -0.2) is 9.97 Å². The third-order valence-corrected chi connectivity index (χ3v) is 10.2. The van der Waals surface area contributed by atoms with Crippen molar-refractivity contribution in [2.24, 2.45) is 0 Å². The first kappa shape index (κ1) is 35.7. The first-order valence-electron chi connectivity index (χ1n) is 17.8. The summed E-state index contributed by atoms with van der Waals surface area (Å²) in [5, 5.41) is 16.2. The van der Waals surface area contributed by atoms with Crippen molar-refractivity contribution in [2.75, 3.05) is 0 Å². The largest absolute Gasteiger partial charge is 0.507 e. The van der Waals surface area contributed by atoms with Crippen LogP contribution in [0.1, 0.15) is 79.0 Å². The molecule has 8 aromatic rings. The minimum atomic E-state index is -0.247. The number of hydrogen-bond donors (Lipinski definition) is 1. The second-order valence-corrected chi connectivity index (χ2v) is 17.0. The predicted molar refractivity (Wildman–Crippen MR) is 213 cm³/mol. The molecule has 4 aromatic heterocycles. The minimum Gasteiger partial charge on any atom is -0.507 e. The van der Waals surface area contributed by atoms with E-state index in [1.165, 1.54) is 11.1 Å². The molecule has 266 valence electrons. The van der Waals surface area contributed by atoms with E-state index < -0.39 is 0 Å². The molecule has 0 aliphatic carbocycles. The average molecular weight is 865 g/mol. The molecule has 0 saturated carbocycles. The second kappa shape index (κ2) is 12.4. The number of hydrogen-bond acceptors (Lipinski definition) is 3. The molecule has 0 radical (unpaired) electrons. The number of aromatic hydroxyl groups is 1. The molecular formula is C46H45N4OPt-. The zero-order valence-electron chi connectivity index (χ0n) is 31.4. The van der Waals surface area contributed by atoms with Crippen LogP contribution in [0.2, 0.25) is 0 Å². The van der Waals surface area contributed by atoms with Gasteiger partial charge in [-0.3, -0.25) is 0 Å². The predicted octanol–water partition coefficient (Wildman–Crippen LogP) is 11.7. The van der Waals surface area contributed by atoms with E-state index in [1.54, 1.807) is 0 Å². The van der Waals surface area contributed by atoms with Crippen LogP contribution in [0.15, 0.2) is 103 Å². The maximum Gasteiger partial charge on any atom is 0.144 e. The summed E-state index contributed by atoms with van der Waals surface area (Å²) in [6.45, 7) is 19.8. The molecule has 0 atom stereocenters. The minimum absolute atomic E-state index is 0. The van der Waals surface area contributed by atoms with E-state index in [0.29, 0.717) is 0 Å².